The van der Waals surface area contributed by atoms with E-state index in [-0.39, 0.29) is 18.0 Å². The number of Topliss-reactive ketones (excluding diaryl/α,β-unsaturated/α-hetero) is 1. The summed E-state index contributed by atoms with van der Waals surface area (Å²) in [4.78, 5) is 11.7. The van der Waals surface area contributed by atoms with Crippen LogP contribution in [0.2, 0.25) is 0 Å². The molecule has 0 amide bonds. The van der Waals surface area contributed by atoms with Gasteiger partial charge in [0, 0.05) is 6.42 Å². The molecule has 1 rings (SSSR count). The average molecular weight is 206 g/mol. The molecule has 0 aliphatic heterocycles. The van der Waals surface area contributed by atoms with Gasteiger partial charge in [0.1, 0.15) is 5.82 Å². The summed E-state index contributed by atoms with van der Waals surface area (Å²) in [5.74, 6) is -0.218. The van der Waals surface area contributed by atoms with Crippen LogP contribution < -0.4 is 0 Å². The minimum Gasteiger partial charge on any atom is -0.294 e. The van der Waals surface area contributed by atoms with E-state index in [1.807, 2.05) is 19.9 Å². The largest absolute Gasteiger partial charge is 0.294 e. The molecule has 0 heterocycles. The van der Waals surface area contributed by atoms with Gasteiger partial charge in [-0.1, -0.05) is 25.1 Å². The van der Waals surface area contributed by atoms with E-state index in [2.05, 4.69) is 0 Å². The molecule has 0 aliphatic rings. The zero-order valence-electron chi connectivity index (χ0n) is 9.09. The molecule has 0 saturated carbocycles. The Morgan fingerprint density at radius 3 is 2.73 bits per heavy atom. The van der Waals surface area contributed by atoms with Crippen molar-refractivity contribution in [3.05, 3.63) is 47.3 Å². The number of benzene rings is 1. The fraction of sp³-hybridized carbons (Fsp3) is 0.308. The highest BCUT2D eigenvalue weighted by Crippen LogP contribution is 2.10. The number of allylic oxidation sites excluding steroid dienone is 2. The van der Waals surface area contributed by atoms with Crippen LogP contribution in [-0.4, -0.2) is 5.78 Å². The first kappa shape index (κ1) is 11.6. The Labute approximate surface area is 89.6 Å². The van der Waals surface area contributed by atoms with Crippen LogP contribution in [0.5, 0.6) is 0 Å². The third kappa shape index (κ3) is 3.31. The van der Waals surface area contributed by atoms with Gasteiger partial charge in [-0.25, -0.2) is 4.39 Å². The molecule has 0 unspecified atom stereocenters. The van der Waals surface area contributed by atoms with Crippen molar-refractivity contribution in [3.8, 4) is 0 Å². The van der Waals surface area contributed by atoms with Crippen molar-refractivity contribution in [3.63, 3.8) is 0 Å². The molecule has 0 bridgehead atoms. The minimum atomic E-state index is -0.293. The molecular formula is C13H15FO. The molecule has 2 heteroatoms. The molecule has 0 fully saturated rings. The van der Waals surface area contributed by atoms with Crippen LogP contribution in [0.15, 0.2) is 35.9 Å². The highest BCUT2D eigenvalue weighted by molar-refractivity contribution is 5.96. The summed E-state index contributed by atoms with van der Waals surface area (Å²) < 4.78 is 12.9. The molecule has 0 atom stereocenters. The second-order valence-electron chi connectivity index (χ2n) is 3.40. The monoisotopic (exact) mass is 206 g/mol. The van der Waals surface area contributed by atoms with E-state index < -0.39 is 0 Å². The SMILES string of the molecule is C/C=C(/CC)C(=O)Cc1cccc(F)c1. The normalized spacial score (nSPS) is 11.5. The summed E-state index contributed by atoms with van der Waals surface area (Å²) in [6.45, 7) is 3.79. The van der Waals surface area contributed by atoms with Crippen molar-refractivity contribution in [2.45, 2.75) is 26.7 Å². The Bertz CT molecular complexity index is 380. The van der Waals surface area contributed by atoms with E-state index >= 15 is 0 Å². The van der Waals surface area contributed by atoms with Crippen LogP contribution in [0, 0.1) is 5.82 Å². The number of hydrogen-bond acceptors (Lipinski definition) is 1. The molecule has 0 aromatic heterocycles. The van der Waals surface area contributed by atoms with Gasteiger partial charge in [0.25, 0.3) is 0 Å². The molecule has 0 radical (unpaired) electrons. The Kier molecular flexibility index (Phi) is 4.22. The molecule has 0 N–H and O–H groups in total. The summed E-state index contributed by atoms with van der Waals surface area (Å²) in [6.07, 6.45) is 2.83. The molecule has 0 saturated heterocycles. The molecule has 80 valence electrons. The molecule has 0 aliphatic carbocycles. The maximum Gasteiger partial charge on any atom is 0.162 e. The maximum absolute atomic E-state index is 12.9. The summed E-state index contributed by atoms with van der Waals surface area (Å²) in [5, 5.41) is 0. The third-order valence-corrected chi connectivity index (χ3v) is 2.34. The first-order chi connectivity index (χ1) is 7.17. The fourth-order valence-electron chi connectivity index (χ4n) is 1.51. The molecule has 1 aromatic rings. The smallest absolute Gasteiger partial charge is 0.162 e. The highest BCUT2D eigenvalue weighted by Gasteiger charge is 2.07. The van der Waals surface area contributed by atoms with Crippen molar-refractivity contribution in [2.24, 2.45) is 0 Å². The van der Waals surface area contributed by atoms with Crippen LogP contribution in [0.3, 0.4) is 0 Å². The number of ketones is 1. The Hall–Kier alpha value is -1.44. The van der Waals surface area contributed by atoms with Crippen LogP contribution in [0.1, 0.15) is 25.8 Å². The van der Waals surface area contributed by atoms with Crippen molar-refractivity contribution < 1.29 is 9.18 Å². The maximum atomic E-state index is 12.9. The highest BCUT2D eigenvalue weighted by atomic mass is 19.1. The van der Waals surface area contributed by atoms with E-state index in [0.717, 1.165) is 17.6 Å². The van der Waals surface area contributed by atoms with E-state index in [1.165, 1.54) is 12.1 Å². The standard InChI is InChI=1S/C13H15FO/c1-3-11(4-2)13(15)9-10-6-5-7-12(14)8-10/h3,5-8H,4,9H2,1-2H3/b11-3-. The first-order valence-corrected chi connectivity index (χ1v) is 5.10. The van der Waals surface area contributed by atoms with Gasteiger partial charge in [0.05, 0.1) is 0 Å². The lowest BCUT2D eigenvalue weighted by molar-refractivity contribution is -0.115. The topological polar surface area (TPSA) is 17.1 Å². The van der Waals surface area contributed by atoms with Gasteiger partial charge in [-0.2, -0.15) is 0 Å². The van der Waals surface area contributed by atoms with Gasteiger partial charge >= 0.3 is 0 Å². The van der Waals surface area contributed by atoms with Crippen molar-refractivity contribution in [1.29, 1.82) is 0 Å². The Morgan fingerprint density at radius 1 is 1.47 bits per heavy atom. The second kappa shape index (κ2) is 5.44. The molecular weight excluding hydrogens is 191 g/mol. The number of rotatable bonds is 4. The van der Waals surface area contributed by atoms with E-state index in [1.54, 1.807) is 12.1 Å². The number of hydrogen-bond donors (Lipinski definition) is 0. The van der Waals surface area contributed by atoms with E-state index in [9.17, 15) is 9.18 Å². The second-order valence-corrected chi connectivity index (χ2v) is 3.40. The van der Waals surface area contributed by atoms with E-state index in [0.29, 0.717) is 0 Å². The predicted octanol–water partition coefficient (Wildman–Crippen LogP) is 3.29. The fourth-order valence-corrected chi connectivity index (χ4v) is 1.51. The zero-order chi connectivity index (χ0) is 11.3. The van der Waals surface area contributed by atoms with E-state index in [4.69, 9.17) is 0 Å². The molecule has 1 nitrogen and oxygen atoms in total. The summed E-state index contributed by atoms with van der Waals surface area (Å²) >= 11 is 0. The quantitative estimate of drug-likeness (QED) is 0.691. The number of carbonyl (C=O) groups excluding carboxylic acids is 1. The molecule has 15 heavy (non-hydrogen) atoms. The third-order valence-electron chi connectivity index (χ3n) is 2.34. The Balaban J connectivity index is 2.74. The lowest BCUT2D eigenvalue weighted by Gasteiger charge is -2.03. The van der Waals surface area contributed by atoms with Crippen molar-refractivity contribution in [2.75, 3.05) is 0 Å². The first-order valence-electron chi connectivity index (χ1n) is 5.10. The zero-order valence-corrected chi connectivity index (χ0v) is 9.09. The van der Waals surface area contributed by atoms with Crippen molar-refractivity contribution in [1.82, 2.24) is 0 Å². The lowest BCUT2D eigenvalue weighted by atomic mass is 10.0. The minimum absolute atomic E-state index is 0.0746. The van der Waals surface area contributed by atoms with Crippen LogP contribution >= 0.6 is 0 Å². The van der Waals surface area contributed by atoms with Gasteiger partial charge in [-0.3, -0.25) is 4.79 Å². The van der Waals surface area contributed by atoms with Crippen molar-refractivity contribution >= 4 is 5.78 Å². The number of carbonyl (C=O) groups is 1. The Morgan fingerprint density at radius 2 is 2.20 bits per heavy atom. The van der Waals surface area contributed by atoms with Crippen LogP contribution in [0.25, 0.3) is 0 Å². The van der Waals surface area contributed by atoms with Gasteiger partial charge in [0.2, 0.25) is 0 Å². The molecule has 1 aromatic carbocycles. The van der Waals surface area contributed by atoms with Gasteiger partial charge < -0.3 is 0 Å². The summed E-state index contributed by atoms with van der Waals surface area (Å²) in [7, 11) is 0. The van der Waals surface area contributed by atoms with Gasteiger partial charge in [-0.05, 0) is 36.6 Å². The summed E-state index contributed by atoms with van der Waals surface area (Å²) in [5.41, 5.74) is 1.53. The van der Waals surface area contributed by atoms with Crippen LogP contribution in [0.4, 0.5) is 4.39 Å². The average Bonchev–Trinajstić information content (AvgIpc) is 2.19. The molecule has 0 spiro atoms. The number of halogens is 1. The van der Waals surface area contributed by atoms with Gasteiger partial charge in [0.15, 0.2) is 5.78 Å². The van der Waals surface area contributed by atoms with Gasteiger partial charge in [-0.15, -0.1) is 0 Å². The lowest BCUT2D eigenvalue weighted by Crippen LogP contribution is -2.05. The summed E-state index contributed by atoms with van der Waals surface area (Å²) in [6, 6.07) is 6.17. The van der Waals surface area contributed by atoms with Crippen LogP contribution in [-0.2, 0) is 11.2 Å². The predicted molar refractivity (Wildman–Crippen MR) is 59.2 cm³/mol.